The van der Waals surface area contributed by atoms with Crippen molar-refractivity contribution in [3.63, 3.8) is 0 Å². The Bertz CT molecular complexity index is 615. The Kier molecular flexibility index (Phi) is 4.59. The minimum Gasteiger partial charge on any atom is -0.345 e. The van der Waals surface area contributed by atoms with E-state index in [1.165, 1.54) is 4.70 Å². The third-order valence-electron chi connectivity index (χ3n) is 4.06. The fraction of sp³-hybridized carbons (Fsp3) is 0.500. The van der Waals surface area contributed by atoms with E-state index in [0.29, 0.717) is 0 Å². The number of fused-ring (bicyclic) bond motifs is 1. The van der Waals surface area contributed by atoms with Gasteiger partial charge in [0.05, 0.1) is 16.3 Å². The fourth-order valence-corrected chi connectivity index (χ4v) is 3.80. The van der Waals surface area contributed by atoms with E-state index in [1.54, 1.807) is 11.3 Å². The molecule has 0 saturated carbocycles. The van der Waals surface area contributed by atoms with Gasteiger partial charge in [-0.1, -0.05) is 36.8 Å². The van der Waals surface area contributed by atoms with Crippen LogP contribution in [0, 0.1) is 0 Å². The van der Waals surface area contributed by atoms with Gasteiger partial charge in [-0.2, -0.15) is 0 Å². The van der Waals surface area contributed by atoms with E-state index in [9.17, 15) is 4.79 Å². The first-order chi connectivity index (χ1) is 10.7. The third kappa shape index (κ3) is 3.08. The highest BCUT2D eigenvalue weighted by Crippen LogP contribution is 2.29. The number of para-hydroxylation sites is 1. The van der Waals surface area contributed by atoms with Crippen molar-refractivity contribution in [1.29, 1.82) is 0 Å². The molecule has 1 aliphatic rings. The van der Waals surface area contributed by atoms with Crippen molar-refractivity contribution in [2.24, 2.45) is 5.73 Å². The molecule has 1 saturated heterocycles. The van der Waals surface area contributed by atoms with Gasteiger partial charge in [-0.15, -0.1) is 0 Å². The Morgan fingerprint density at radius 2 is 2.05 bits per heavy atom. The molecule has 3 rings (SSSR count). The SMILES string of the molecule is CCCC(N)C(=O)N1CCN(c2nc3ccccc3s2)CC1. The lowest BCUT2D eigenvalue weighted by Crippen LogP contribution is -2.53. The van der Waals surface area contributed by atoms with Crippen LogP contribution in [0.1, 0.15) is 19.8 Å². The zero-order valence-electron chi connectivity index (χ0n) is 12.9. The maximum absolute atomic E-state index is 12.2. The van der Waals surface area contributed by atoms with Gasteiger partial charge in [0, 0.05) is 26.2 Å². The number of carbonyl (C=O) groups is 1. The number of aromatic nitrogens is 1. The predicted molar refractivity (Wildman–Crippen MR) is 91.3 cm³/mol. The van der Waals surface area contributed by atoms with Crippen LogP contribution in [0.25, 0.3) is 10.2 Å². The van der Waals surface area contributed by atoms with Crippen LogP contribution in [-0.4, -0.2) is 48.0 Å². The summed E-state index contributed by atoms with van der Waals surface area (Å²) in [6, 6.07) is 7.84. The van der Waals surface area contributed by atoms with E-state index in [-0.39, 0.29) is 11.9 Å². The van der Waals surface area contributed by atoms with Crippen LogP contribution >= 0.6 is 11.3 Å². The second-order valence-corrected chi connectivity index (χ2v) is 6.68. The average molecular weight is 318 g/mol. The third-order valence-corrected chi connectivity index (χ3v) is 5.16. The summed E-state index contributed by atoms with van der Waals surface area (Å²) in [5, 5.41) is 1.05. The lowest BCUT2D eigenvalue weighted by atomic mass is 10.1. The molecular formula is C16H22N4OS. The Balaban J connectivity index is 1.63. The van der Waals surface area contributed by atoms with E-state index >= 15 is 0 Å². The number of nitrogens with two attached hydrogens (primary N) is 1. The van der Waals surface area contributed by atoms with E-state index in [4.69, 9.17) is 5.73 Å². The lowest BCUT2D eigenvalue weighted by Gasteiger charge is -2.35. The van der Waals surface area contributed by atoms with Crippen molar-refractivity contribution in [3.05, 3.63) is 24.3 Å². The molecule has 0 spiro atoms. The number of anilines is 1. The number of hydrogen-bond acceptors (Lipinski definition) is 5. The molecule has 0 aliphatic carbocycles. The Morgan fingerprint density at radius 3 is 2.73 bits per heavy atom. The molecule has 6 heteroatoms. The molecule has 1 amide bonds. The zero-order chi connectivity index (χ0) is 15.5. The number of carbonyl (C=O) groups excluding carboxylic acids is 1. The van der Waals surface area contributed by atoms with Gasteiger partial charge >= 0.3 is 0 Å². The molecule has 1 aromatic carbocycles. The average Bonchev–Trinajstić information content (AvgIpc) is 2.98. The molecular weight excluding hydrogens is 296 g/mol. The van der Waals surface area contributed by atoms with Gasteiger partial charge in [0.15, 0.2) is 5.13 Å². The topological polar surface area (TPSA) is 62.5 Å². The van der Waals surface area contributed by atoms with Crippen LogP contribution < -0.4 is 10.6 Å². The Labute approximate surface area is 134 Å². The van der Waals surface area contributed by atoms with Crippen molar-refractivity contribution in [2.45, 2.75) is 25.8 Å². The molecule has 1 fully saturated rings. The summed E-state index contributed by atoms with van der Waals surface area (Å²) < 4.78 is 1.21. The van der Waals surface area contributed by atoms with Crippen LogP contribution in [0.4, 0.5) is 5.13 Å². The van der Waals surface area contributed by atoms with Gasteiger partial charge < -0.3 is 15.5 Å². The van der Waals surface area contributed by atoms with Crippen LogP contribution in [0.15, 0.2) is 24.3 Å². The van der Waals surface area contributed by atoms with E-state index < -0.39 is 0 Å². The van der Waals surface area contributed by atoms with E-state index in [2.05, 4.69) is 22.9 Å². The van der Waals surface area contributed by atoms with Gasteiger partial charge in [-0.3, -0.25) is 4.79 Å². The molecule has 2 heterocycles. The minimum atomic E-state index is -0.348. The maximum atomic E-state index is 12.2. The highest BCUT2D eigenvalue weighted by atomic mass is 32.1. The number of thiazole rings is 1. The Hall–Kier alpha value is -1.66. The predicted octanol–water partition coefficient (Wildman–Crippen LogP) is 2.07. The van der Waals surface area contributed by atoms with E-state index in [0.717, 1.165) is 49.7 Å². The maximum Gasteiger partial charge on any atom is 0.239 e. The van der Waals surface area contributed by atoms with Crippen LogP contribution in [0.5, 0.6) is 0 Å². The largest absolute Gasteiger partial charge is 0.345 e. The molecule has 22 heavy (non-hydrogen) atoms. The monoisotopic (exact) mass is 318 g/mol. The van der Waals surface area contributed by atoms with Gasteiger partial charge in [-0.25, -0.2) is 4.98 Å². The van der Waals surface area contributed by atoms with Crippen molar-refractivity contribution in [2.75, 3.05) is 31.1 Å². The number of benzene rings is 1. The number of amides is 1. The molecule has 0 radical (unpaired) electrons. The molecule has 2 aromatic rings. The molecule has 1 unspecified atom stereocenters. The van der Waals surface area contributed by atoms with Gasteiger partial charge in [0.25, 0.3) is 0 Å². The summed E-state index contributed by atoms with van der Waals surface area (Å²) in [4.78, 5) is 21.1. The summed E-state index contributed by atoms with van der Waals surface area (Å²) in [7, 11) is 0. The number of piperazine rings is 1. The minimum absolute atomic E-state index is 0.0887. The lowest BCUT2D eigenvalue weighted by molar-refractivity contribution is -0.133. The summed E-state index contributed by atoms with van der Waals surface area (Å²) >= 11 is 1.71. The van der Waals surface area contributed by atoms with Gasteiger partial charge in [0.2, 0.25) is 5.91 Å². The van der Waals surface area contributed by atoms with Crippen molar-refractivity contribution in [1.82, 2.24) is 9.88 Å². The normalized spacial score (nSPS) is 17.0. The molecule has 5 nitrogen and oxygen atoms in total. The number of nitrogens with zero attached hydrogens (tertiary/aromatic N) is 3. The molecule has 0 bridgehead atoms. The molecule has 1 atom stereocenters. The summed E-state index contributed by atoms with van der Waals surface area (Å²) in [5.41, 5.74) is 6.99. The zero-order valence-corrected chi connectivity index (χ0v) is 13.7. The number of hydrogen-bond donors (Lipinski definition) is 1. The summed E-state index contributed by atoms with van der Waals surface area (Å²) in [6.07, 6.45) is 1.70. The van der Waals surface area contributed by atoms with Crippen molar-refractivity contribution in [3.8, 4) is 0 Å². The first-order valence-corrected chi connectivity index (χ1v) is 8.65. The second kappa shape index (κ2) is 6.62. The van der Waals surface area contributed by atoms with Gasteiger partial charge in [-0.05, 0) is 18.6 Å². The Morgan fingerprint density at radius 1 is 1.32 bits per heavy atom. The smallest absolute Gasteiger partial charge is 0.239 e. The van der Waals surface area contributed by atoms with E-state index in [1.807, 2.05) is 23.1 Å². The van der Waals surface area contributed by atoms with Crippen LogP contribution in [0.2, 0.25) is 0 Å². The van der Waals surface area contributed by atoms with Crippen LogP contribution in [-0.2, 0) is 4.79 Å². The summed E-state index contributed by atoms with van der Waals surface area (Å²) in [6.45, 7) is 5.16. The van der Waals surface area contributed by atoms with Crippen molar-refractivity contribution >= 4 is 32.6 Å². The molecule has 118 valence electrons. The standard InChI is InChI=1S/C16H22N4OS/c1-2-5-12(17)15(21)19-8-10-20(11-9-19)16-18-13-6-3-4-7-14(13)22-16/h3-4,6-7,12H,2,5,8-11,17H2,1H3. The molecule has 2 N–H and O–H groups in total. The highest BCUT2D eigenvalue weighted by Gasteiger charge is 2.25. The van der Waals surface area contributed by atoms with Crippen molar-refractivity contribution < 1.29 is 4.79 Å². The van der Waals surface area contributed by atoms with Gasteiger partial charge in [0.1, 0.15) is 0 Å². The summed E-state index contributed by atoms with van der Waals surface area (Å²) in [5.74, 6) is 0.0887. The first-order valence-electron chi connectivity index (χ1n) is 7.84. The first kappa shape index (κ1) is 15.2. The number of rotatable bonds is 4. The molecule has 1 aromatic heterocycles. The highest BCUT2D eigenvalue weighted by molar-refractivity contribution is 7.22. The quantitative estimate of drug-likeness (QED) is 0.937. The molecule has 1 aliphatic heterocycles. The second-order valence-electron chi connectivity index (χ2n) is 5.67. The fourth-order valence-electron chi connectivity index (χ4n) is 2.78. The van der Waals surface area contributed by atoms with Crippen LogP contribution in [0.3, 0.4) is 0 Å².